The van der Waals surface area contributed by atoms with E-state index < -0.39 is 11.3 Å². The first-order valence-electron chi connectivity index (χ1n) is 8.54. The van der Waals surface area contributed by atoms with Gasteiger partial charge in [-0.1, -0.05) is 30.3 Å². The van der Waals surface area contributed by atoms with Crippen molar-refractivity contribution in [2.75, 3.05) is 14.2 Å². The minimum atomic E-state index is -2.36. The first-order valence-corrected chi connectivity index (χ1v) is 9.68. The number of methoxy groups -OCH3 is 2. The molecule has 0 aliphatic rings. The SMILES string of the molecule is COc1ccc(Cc2cccnc2Cc2ccc(OC)cc2)cc1.NS(=O)[O-]. The van der Waals surface area contributed by atoms with E-state index in [1.54, 1.807) is 14.2 Å². The monoisotopic (exact) mass is 399 g/mol. The van der Waals surface area contributed by atoms with E-state index in [1.165, 1.54) is 16.7 Å². The molecule has 1 aromatic heterocycles. The summed E-state index contributed by atoms with van der Waals surface area (Å²) in [6.07, 6.45) is 3.54. The van der Waals surface area contributed by atoms with Crippen LogP contribution in [0.2, 0.25) is 0 Å². The van der Waals surface area contributed by atoms with Crippen LogP contribution in [0.5, 0.6) is 11.5 Å². The van der Waals surface area contributed by atoms with Crippen LogP contribution in [0.25, 0.3) is 0 Å². The lowest BCUT2D eigenvalue weighted by Crippen LogP contribution is -2.00. The first-order chi connectivity index (χ1) is 13.5. The number of hydrogen-bond donors (Lipinski definition) is 1. The van der Waals surface area contributed by atoms with Gasteiger partial charge >= 0.3 is 0 Å². The maximum atomic E-state index is 8.78. The lowest BCUT2D eigenvalue weighted by Gasteiger charge is -2.10. The Morgan fingerprint density at radius 2 is 1.36 bits per heavy atom. The number of rotatable bonds is 6. The van der Waals surface area contributed by atoms with Crippen molar-refractivity contribution in [3.63, 3.8) is 0 Å². The van der Waals surface area contributed by atoms with Gasteiger partial charge in [0.15, 0.2) is 0 Å². The highest BCUT2D eigenvalue weighted by molar-refractivity contribution is 7.76. The molecule has 3 aromatic rings. The smallest absolute Gasteiger partial charge is 0.118 e. The van der Waals surface area contributed by atoms with Crippen molar-refractivity contribution in [2.24, 2.45) is 5.14 Å². The van der Waals surface area contributed by atoms with E-state index in [1.807, 2.05) is 36.5 Å². The molecular weight excluding hydrogens is 376 g/mol. The maximum Gasteiger partial charge on any atom is 0.118 e. The van der Waals surface area contributed by atoms with Crippen LogP contribution in [0.3, 0.4) is 0 Å². The normalized spacial score (nSPS) is 11.1. The van der Waals surface area contributed by atoms with Crippen LogP contribution in [0.1, 0.15) is 22.4 Å². The molecule has 148 valence electrons. The fraction of sp³-hybridized carbons (Fsp3) is 0.190. The summed E-state index contributed by atoms with van der Waals surface area (Å²) in [5.74, 6) is 1.75. The molecule has 1 atom stereocenters. The van der Waals surface area contributed by atoms with Gasteiger partial charge in [0.2, 0.25) is 0 Å². The van der Waals surface area contributed by atoms with E-state index >= 15 is 0 Å². The van der Waals surface area contributed by atoms with Gasteiger partial charge in [0.05, 0.1) is 14.2 Å². The molecule has 0 saturated heterocycles. The van der Waals surface area contributed by atoms with Crippen molar-refractivity contribution < 1.29 is 18.2 Å². The third-order valence-electron chi connectivity index (χ3n) is 4.07. The molecular formula is C21H23N2O4S-. The average molecular weight is 399 g/mol. The van der Waals surface area contributed by atoms with Crippen molar-refractivity contribution in [1.82, 2.24) is 4.98 Å². The minimum absolute atomic E-state index is 0.816. The molecule has 28 heavy (non-hydrogen) atoms. The zero-order valence-corrected chi connectivity index (χ0v) is 16.6. The van der Waals surface area contributed by atoms with Crippen molar-refractivity contribution in [3.8, 4) is 11.5 Å². The number of aromatic nitrogens is 1. The molecule has 3 rings (SSSR count). The van der Waals surface area contributed by atoms with Gasteiger partial charge in [-0.2, -0.15) is 0 Å². The highest BCUT2D eigenvalue weighted by atomic mass is 32.2. The lowest BCUT2D eigenvalue weighted by atomic mass is 9.99. The van der Waals surface area contributed by atoms with Gasteiger partial charge in [0.25, 0.3) is 0 Å². The first kappa shape index (κ1) is 21.6. The maximum absolute atomic E-state index is 8.78. The Kier molecular flexibility index (Phi) is 8.61. The molecule has 0 bridgehead atoms. The highest BCUT2D eigenvalue weighted by Gasteiger charge is 2.06. The van der Waals surface area contributed by atoms with Crippen LogP contribution in [0, 0.1) is 0 Å². The van der Waals surface area contributed by atoms with Crippen LogP contribution >= 0.6 is 0 Å². The quantitative estimate of drug-likeness (QED) is 0.643. The second-order valence-corrected chi connectivity index (χ2v) is 6.44. The predicted octanol–water partition coefficient (Wildman–Crippen LogP) is 3.02. The Balaban J connectivity index is 0.000000640. The Morgan fingerprint density at radius 1 is 0.893 bits per heavy atom. The third-order valence-corrected chi connectivity index (χ3v) is 4.07. The lowest BCUT2D eigenvalue weighted by molar-refractivity contribution is 0.414. The molecule has 2 aromatic carbocycles. The molecule has 0 aliphatic heterocycles. The number of pyridine rings is 1. The standard InChI is InChI=1S/C21H21NO2.H3NO2S/c1-23-19-9-5-16(6-10-19)14-18-4-3-13-22-21(18)15-17-7-11-20(24-2)12-8-17;1-4(2)3/h3-13H,14-15H2,1-2H3;1H2,(H,2,3)/p-1. The summed E-state index contributed by atoms with van der Waals surface area (Å²) < 4.78 is 28.0. The summed E-state index contributed by atoms with van der Waals surface area (Å²) in [7, 11) is 3.36. The van der Waals surface area contributed by atoms with Gasteiger partial charge in [0.1, 0.15) is 11.5 Å². The van der Waals surface area contributed by atoms with Crippen molar-refractivity contribution in [1.29, 1.82) is 0 Å². The molecule has 0 saturated carbocycles. The van der Waals surface area contributed by atoms with Crippen LogP contribution in [0.4, 0.5) is 0 Å². The minimum Gasteiger partial charge on any atom is -0.760 e. The number of hydrogen-bond acceptors (Lipinski definition) is 5. The van der Waals surface area contributed by atoms with Crippen molar-refractivity contribution >= 4 is 11.3 Å². The van der Waals surface area contributed by atoms with Crippen LogP contribution in [-0.4, -0.2) is 28.0 Å². The van der Waals surface area contributed by atoms with Gasteiger partial charge in [-0.3, -0.25) is 14.3 Å². The topological polar surface area (TPSA) is 97.5 Å². The van der Waals surface area contributed by atoms with Gasteiger partial charge in [-0.15, -0.1) is 0 Å². The Labute approximate surface area is 167 Å². The second-order valence-electron chi connectivity index (χ2n) is 5.92. The summed E-state index contributed by atoms with van der Waals surface area (Å²) in [6.45, 7) is 0. The average Bonchev–Trinajstić information content (AvgIpc) is 2.70. The molecule has 1 unspecified atom stereocenters. The van der Waals surface area contributed by atoms with E-state index in [4.69, 9.17) is 18.2 Å². The summed E-state index contributed by atoms with van der Waals surface area (Å²) in [5.41, 5.74) is 4.84. The van der Waals surface area contributed by atoms with E-state index in [-0.39, 0.29) is 0 Å². The Morgan fingerprint density at radius 3 is 1.82 bits per heavy atom. The summed E-state index contributed by atoms with van der Waals surface area (Å²) in [4.78, 5) is 4.59. The zero-order valence-electron chi connectivity index (χ0n) is 15.8. The third kappa shape index (κ3) is 7.11. The molecule has 0 aliphatic carbocycles. The molecule has 7 heteroatoms. The van der Waals surface area contributed by atoms with Gasteiger partial charge in [-0.25, -0.2) is 0 Å². The number of ether oxygens (including phenoxy) is 2. The second kappa shape index (κ2) is 11.2. The summed E-state index contributed by atoms with van der Waals surface area (Å²) >= 11 is -2.36. The van der Waals surface area contributed by atoms with Gasteiger partial charge < -0.3 is 14.0 Å². The molecule has 0 radical (unpaired) electrons. The van der Waals surface area contributed by atoms with E-state index in [0.29, 0.717) is 0 Å². The summed E-state index contributed by atoms with van der Waals surface area (Å²) in [5, 5.41) is 4.03. The molecule has 6 nitrogen and oxygen atoms in total. The van der Waals surface area contributed by atoms with E-state index in [0.717, 1.165) is 30.0 Å². The van der Waals surface area contributed by atoms with Crippen LogP contribution in [-0.2, 0) is 24.1 Å². The largest absolute Gasteiger partial charge is 0.760 e. The van der Waals surface area contributed by atoms with Crippen molar-refractivity contribution in [2.45, 2.75) is 12.8 Å². The van der Waals surface area contributed by atoms with E-state index in [2.05, 4.69) is 40.5 Å². The number of benzene rings is 2. The molecule has 2 N–H and O–H groups in total. The van der Waals surface area contributed by atoms with Crippen molar-refractivity contribution in [3.05, 3.63) is 89.2 Å². The molecule has 0 spiro atoms. The fourth-order valence-corrected chi connectivity index (χ4v) is 2.69. The fourth-order valence-electron chi connectivity index (χ4n) is 2.69. The Bertz CT molecular complexity index is 811. The zero-order chi connectivity index (χ0) is 20.4. The number of nitrogens with zero attached hydrogens (tertiary/aromatic N) is 1. The Hall–Kier alpha value is -2.74. The van der Waals surface area contributed by atoms with Gasteiger partial charge in [-0.05, 0) is 53.4 Å². The van der Waals surface area contributed by atoms with Gasteiger partial charge in [0, 0.05) is 29.6 Å². The van der Waals surface area contributed by atoms with E-state index in [9.17, 15) is 0 Å². The predicted molar refractivity (Wildman–Crippen MR) is 109 cm³/mol. The molecule has 1 heterocycles. The molecule has 0 fully saturated rings. The molecule has 0 amide bonds. The number of nitrogens with two attached hydrogens (primary N) is 1. The van der Waals surface area contributed by atoms with Crippen LogP contribution in [0.15, 0.2) is 66.9 Å². The summed E-state index contributed by atoms with van der Waals surface area (Å²) in [6, 6.07) is 20.5. The highest BCUT2D eigenvalue weighted by Crippen LogP contribution is 2.19. The van der Waals surface area contributed by atoms with Crippen LogP contribution < -0.4 is 14.6 Å².